The average Bonchev–Trinajstić information content (AvgIpc) is 2.45. The van der Waals surface area contributed by atoms with Crippen LogP contribution < -0.4 is 5.32 Å². The first kappa shape index (κ1) is 11.3. The molecule has 0 unspecified atom stereocenters. The second-order valence-electron chi connectivity index (χ2n) is 2.80. The molecule has 0 aliphatic carbocycles. The van der Waals surface area contributed by atoms with Crippen molar-refractivity contribution in [3.63, 3.8) is 0 Å². The Morgan fingerprint density at radius 1 is 1.64 bits per heavy atom. The fourth-order valence-corrected chi connectivity index (χ4v) is 1.67. The molecular formula is C7H9Cl2N3O2. The van der Waals surface area contributed by atoms with Gasteiger partial charge in [-0.1, -0.05) is 11.6 Å². The van der Waals surface area contributed by atoms with Crippen molar-refractivity contribution in [2.24, 2.45) is 0 Å². The van der Waals surface area contributed by atoms with Crippen molar-refractivity contribution in [1.82, 2.24) is 14.9 Å². The Kier molecular flexibility index (Phi) is 3.36. The third-order valence-corrected chi connectivity index (χ3v) is 2.37. The Morgan fingerprint density at radius 2 is 2.36 bits per heavy atom. The second kappa shape index (κ2) is 4.16. The molecule has 0 radical (unpaired) electrons. The smallest absolute Gasteiger partial charge is 0.357 e. The maximum absolute atomic E-state index is 10.7. The maximum atomic E-state index is 10.7. The van der Waals surface area contributed by atoms with Gasteiger partial charge >= 0.3 is 5.97 Å². The van der Waals surface area contributed by atoms with Gasteiger partial charge in [0.2, 0.25) is 0 Å². The minimum atomic E-state index is -1.08. The molecule has 2 N–H and O–H groups in total. The number of nitrogens with one attached hydrogen (secondary N) is 1. The van der Waals surface area contributed by atoms with Gasteiger partial charge in [-0.15, -0.1) is 12.4 Å². The minimum absolute atomic E-state index is 0. The number of carboxylic acid groups (broad SMARTS) is 1. The zero-order valence-electron chi connectivity index (χ0n) is 7.16. The standard InChI is InChI=1S/C7H8ClN3O2.ClH/c8-6-5(7(12)13)10-4-3-9-1-2-11(4)6;/h9H,1-3H2,(H,12,13);1H. The molecule has 0 atom stereocenters. The summed E-state index contributed by atoms with van der Waals surface area (Å²) >= 11 is 5.83. The van der Waals surface area contributed by atoms with Gasteiger partial charge in [0.15, 0.2) is 5.69 Å². The fourth-order valence-electron chi connectivity index (χ4n) is 1.37. The molecule has 14 heavy (non-hydrogen) atoms. The van der Waals surface area contributed by atoms with Crippen molar-refractivity contribution in [2.45, 2.75) is 13.1 Å². The number of aromatic carboxylic acids is 1. The van der Waals surface area contributed by atoms with Crippen LogP contribution in [0.5, 0.6) is 0 Å². The van der Waals surface area contributed by atoms with Gasteiger partial charge in [-0.2, -0.15) is 0 Å². The van der Waals surface area contributed by atoms with Gasteiger partial charge in [-0.3, -0.25) is 0 Å². The van der Waals surface area contributed by atoms with E-state index in [0.29, 0.717) is 18.9 Å². The Hall–Kier alpha value is -0.780. The lowest BCUT2D eigenvalue weighted by Gasteiger charge is -2.14. The van der Waals surface area contributed by atoms with Crippen molar-refractivity contribution >= 4 is 30.0 Å². The number of aromatic nitrogens is 2. The van der Waals surface area contributed by atoms with Gasteiger partial charge in [0.25, 0.3) is 0 Å². The minimum Gasteiger partial charge on any atom is -0.476 e. The van der Waals surface area contributed by atoms with Crippen LogP contribution in [-0.2, 0) is 13.1 Å². The third-order valence-electron chi connectivity index (χ3n) is 1.98. The summed E-state index contributed by atoms with van der Waals surface area (Å²) in [4.78, 5) is 14.6. The van der Waals surface area contributed by atoms with Crippen LogP contribution in [-0.4, -0.2) is 27.2 Å². The van der Waals surface area contributed by atoms with Crippen molar-refractivity contribution in [2.75, 3.05) is 6.54 Å². The molecule has 0 amide bonds. The van der Waals surface area contributed by atoms with Crippen molar-refractivity contribution in [3.8, 4) is 0 Å². The number of nitrogens with zero attached hydrogens (tertiary/aromatic N) is 2. The Bertz CT molecular complexity index is 364. The van der Waals surface area contributed by atoms with Crippen LogP contribution in [0.3, 0.4) is 0 Å². The monoisotopic (exact) mass is 237 g/mol. The third kappa shape index (κ3) is 1.70. The summed E-state index contributed by atoms with van der Waals surface area (Å²) in [5, 5.41) is 12.0. The van der Waals surface area contributed by atoms with E-state index in [1.807, 2.05) is 0 Å². The molecule has 1 aromatic rings. The highest BCUT2D eigenvalue weighted by atomic mass is 35.5. The SMILES string of the molecule is Cl.O=C(O)c1nc2n(c1Cl)CCNC2. The predicted octanol–water partition coefficient (Wildman–Crippen LogP) is 0.760. The largest absolute Gasteiger partial charge is 0.476 e. The first-order valence-electron chi connectivity index (χ1n) is 3.89. The Labute approximate surface area is 91.5 Å². The van der Waals surface area contributed by atoms with Crippen molar-refractivity contribution in [1.29, 1.82) is 0 Å². The number of hydrogen-bond acceptors (Lipinski definition) is 3. The summed E-state index contributed by atoms with van der Waals surface area (Å²) in [5.41, 5.74) is -0.0552. The molecule has 0 saturated carbocycles. The molecule has 2 rings (SSSR count). The highest BCUT2D eigenvalue weighted by Gasteiger charge is 2.21. The normalized spacial score (nSPS) is 14.4. The van der Waals surface area contributed by atoms with Crippen LogP contribution in [0.15, 0.2) is 0 Å². The topological polar surface area (TPSA) is 67.1 Å². The Balaban J connectivity index is 0.000000980. The van der Waals surface area contributed by atoms with Gasteiger partial charge < -0.3 is 15.0 Å². The summed E-state index contributed by atoms with van der Waals surface area (Å²) in [5.74, 6) is -0.388. The predicted molar refractivity (Wildman–Crippen MR) is 53.2 cm³/mol. The molecule has 0 aromatic carbocycles. The molecule has 0 bridgehead atoms. The molecule has 0 fully saturated rings. The van der Waals surface area contributed by atoms with E-state index in [-0.39, 0.29) is 23.3 Å². The number of imidazole rings is 1. The van der Waals surface area contributed by atoms with Crippen molar-refractivity contribution < 1.29 is 9.90 Å². The van der Waals surface area contributed by atoms with E-state index in [0.717, 1.165) is 6.54 Å². The number of halogens is 2. The lowest BCUT2D eigenvalue weighted by Crippen LogP contribution is -2.28. The maximum Gasteiger partial charge on any atom is 0.357 e. The molecule has 0 spiro atoms. The number of rotatable bonds is 1. The van der Waals surface area contributed by atoms with Crippen LogP contribution in [0, 0.1) is 0 Å². The zero-order chi connectivity index (χ0) is 9.42. The summed E-state index contributed by atoms with van der Waals surface area (Å²) < 4.78 is 1.72. The van der Waals surface area contributed by atoms with E-state index in [9.17, 15) is 4.79 Å². The summed E-state index contributed by atoms with van der Waals surface area (Å²) in [6, 6.07) is 0. The second-order valence-corrected chi connectivity index (χ2v) is 3.16. The molecular weight excluding hydrogens is 229 g/mol. The van der Waals surface area contributed by atoms with Gasteiger partial charge in [-0.25, -0.2) is 9.78 Å². The summed E-state index contributed by atoms with van der Waals surface area (Å²) in [7, 11) is 0. The lowest BCUT2D eigenvalue weighted by molar-refractivity contribution is 0.0691. The molecule has 5 nitrogen and oxygen atoms in total. The van der Waals surface area contributed by atoms with Crippen LogP contribution in [0.25, 0.3) is 0 Å². The number of carbonyl (C=O) groups is 1. The van der Waals surface area contributed by atoms with Gasteiger partial charge in [0, 0.05) is 13.1 Å². The van der Waals surface area contributed by atoms with E-state index in [1.165, 1.54) is 0 Å². The lowest BCUT2D eigenvalue weighted by atomic mass is 10.4. The number of hydrogen-bond donors (Lipinski definition) is 2. The number of carboxylic acids is 1. The van der Waals surface area contributed by atoms with E-state index in [2.05, 4.69) is 10.3 Å². The van der Waals surface area contributed by atoms with Crippen LogP contribution in [0.1, 0.15) is 16.3 Å². The van der Waals surface area contributed by atoms with E-state index >= 15 is 0 Å². The quantitative estimate of drug-likeness (QED) is 0.757. The van der Waals surface area contributed by atoms with E-state index in [4.69, 9.17) is 16.7 Å². The zero-order valence-corrected chi connectivity index (χ0v) is 8.73. The van der Waals surface area contributed by atoms with E-state index < -0.39 is 5.97 Å². The highest BCUT2D eigenvalue weighted by molar-refractivity contribution is 6.32. The molecule has 1 aromatic heterocycles. The average molecular weight is 238 g/mol. The molecule has 0 saturated heterocycles. The van der Waals surface area contributed by atoms with Crippen LogP contribution >= 0.6 is 24.0 Å². The summed E-state index contributed by atoms with van der Waals surface area (Å²) in [6.45, 7) is 2.05. The molecule has 78 valence electrons. The first-order chi connectivity index (χ1) is 6.20. The first-order valence-corrected chi connectivity index (χ1v) is 4.27. The molecule has 7 heteroatoms. The molecule has 1 aliphatic rings. The Morgan fingerprint density at radius 3 is 2.93 bits per heavy atom. The summed E-state index contributed by atoms with van der Waals surface area (Å²) in [6.07, 6.45) is 0. The number of fused-ring (bicyclic) bond motifs is 1. The molecule has 1 aliphatic heterocycles. The van der Waals surface area contributed by atoms with Gasteiger partial charge in [-0.05, 0) is 0 Å². The van der Waals surface area contributed by atoms with Crippen LogP contribution in [0.4, 0.5) is 0 Å². The highest BCUT2D eigenvalue weighted by Crippen LogP contribution is 2.19. The van der Waals surface area contributed by atoms with Crippen LogP contribution in [0.2, 0.25) is 5.15 Å². The fraction of sp³-hybridized carbons (Fsp3) is 0.429. The van der Waals surface area contributed by atoms with Gasteiger partial charge in [0.05, 0.1) is 6.54 Å². The van der Waals surface area contributed by atoms with Gasteiger partial charge in [0.1, 0.15) is 11.0 Å². The van der Waals surface area contributed by atoms with E-state index in [1.54, 1.807) is 4.57 Å². The van der Waals surface area contributed by atoms with Crippen molar-refractivity contribution in [3.05, 3.63) is 16.7 Å². The molecule has 2 heterocycles.